The Bertz CT molecular complexity index is 1880. The molecule has 0 atom stereocenters. The van der Waals surface area contributed by atoms with Crippen LogP contribution in [-0.2, 0) is 4.79 Å². The minimum atomic E-state index is -0.297. The number of nitrogens with one attached hydrogen (secondary N) is 3. The second-order valence-corrected chi connectivity index (χ2v) is 10.3. The van der Waals surface area contributed by atoms with Gasteiger partial charge in [-0.05, 0) is 61.2 Å². The summed E-state index contributed by atoms with van der Waals surface area (Å²) in [7, 11) is 0. The zero-order valence-corrected chi connectivity index (χ0v) is 21.7. The standard InChI is InChI=1S/C30H25FN8O/c1-16-8-18(10-21(31)9-16)23-6-7-33-28-25(23)36-29(37-28)26-24-12-20(14-34-27(24)39-38-26)19-11-22(15-32-13-19)35-30(40)17-4-2-3-5-17/h6-15,17H,2-5H2,1H3,(H,35,40)(H,33,36,37)(H,34,38,39). The van der Waals surface area contributed by atoms with Gasteiger partial charge in [0, 0.05) is 41.2 Å². The number of hydrogen-bond acceptors (Lipinski definition) is 6. The van der Waals surface area contributed by atoms with Gasteiger partial charge in [0.15, 0.2) is 17.1 Å². The van der Waals surface area contributed by atoms with Crippen molar-refractivity contribution < 1.29 is 9.18 Å². The summed E-state index contributed by atoms with van der Waals surface area (Å²) < 4.78 is 14.2. The van der Waals surface area contributed by atoms with Crippen LogP contribution in [0.3, 0.4) is 0 Å². The van der Waals surface area contributed by atoms with Crippen molar-refractivity contribution in [3.8, 4) is 33.8 Å². The number of carbonyl (C=O) groups is 1. The second-order valence-electron chi connectivity index (χ2n) is 10.3. The van der Waals surface area contributed by atoms with Crippen molar-refractivity contribution >= 4 is 33.8 Å². The Balaban J connectivity index is 1.25. The molecule has 1 aliphatic carbocycles. The maximum absolute atomic E-state index is 14.2. The number of imidazole rings is 1. The van der Waals surface area contributed by atoms with Crippen molar-refractivity contribution in [1.29, 1.82) is 0 Å². The highest BCUT2D eigenvalue weighted by Gasteiger charge is 2.23. The van der Waals surface area contributed by atoms with Crippen molar-refractivity contribution in [2.45, 2.75) is 32.6 Å². The summed E-state index contributed by atoms with van der Waals surface area (Å²) in [5, 5.41) is 11.2. The largest absolute Gasteiger partial charge is 0.335 e. The van der Waals surface area contributed by atoms with Crippen LogP contribution in [0.25, 0.3) is 56.0 Å². The zero-order chi connectivity index (χ0) is 27.2. The minimum absolute atomic E-state index is 0.0495. The van der Waals surface area contributed by atoms with E-state index >= 15 is 0 Å². The Morgan fingerprint density at radius 3 is 2.67 bits per heavy atom. The fourth-order valence-corrected chi connectivity index (χ4v) is 5.50. The molecule has 1 saturated carbocycles. The van der Waals surface area contributed by atoms with Crippen LogP contribution in [0, 0.1) is 18.7 Å². The van der Waals surface area contributed by atoms with Gasteiger partial charge in [-0.25, -0.2) is 19.3 Å². The molecule has 198 valence electrons. The lowest BCUT2D eigenvalue weighted by Crippen LogP contribution is -2.20. The Hall–Kier alpha value is -4.99. The first-order chi connectivity index (χ1) is 19.5. The molecule has 1 aliphatic rings. The highest BCUT2D eigenvalue weighted by Crippen LogP contribution is 2.33. The van der Waals surface area contributed by atoms with Crippen LogP contribution in [0.5, 0.6) is 0 Å². The predicted octanol–water partition coefficient (Wildman–Crippen LogP) is 6.20. The number of anilines is 1. The van der Waals surface area contributed by atoms with Crippen LogP contribution in [0.1, 0.15) is 31.2 Å². The normalized spacial score (nSPS) is 13.8. The van der Waals surface area contributed by atoms with Gasteiger partial charge < -0.3 is 10.3 Å². The Labute approximate surface area is 228 Å². The van der Waals surface area contributed by atoms with Crippen LogP contribution in [-0.4, -0.2) is 41.0 Å². The summed E-state index contributed by atoms with van der Waals surface area (Å²) in [6, 6.07) is 10.6. The van der Waals surface area contributed by atoms with Crippen LogP contribution in [0.15, 0.2) is 61.2 Å². The third kappa shape index (κ3) is 4.37. The number of fused-ring (bicyclic) bond motifs is 2. The number of amides is 1. The van der Waals surface area contributed by atoms with Gasteiger partial charge in [-0.1, -0.05) is 18.9 Å². The maximum Gasteiger partial charge on any atom is 0.227 e. The van der Waals surface area contributed by atoms with Gasteiger partial charge in [0.05, 0.1) is 22.8 Å². The molecular weight excluding hydrogens is 507 g/mol. The zero-order valence-electron chi connectivity index (χ0n) is 21.7. The fraction of sp³-hybridized carbons (Fsp3) is 0.200. The molecule has 1 aromatic carbocycles. The topological polar surface area (TPSA) is 125 Å². The first kappa shape index (κ1) is 24.1. The highest BCUT2D eigenvalue weighted by molar-refractivity contribution is 5.97. The van der Waals surface area contributed by atoms with E-state index in [4.69, 9.17) is 4.98 Å². The van der Waals surface area contributed by atoms with Gasteiger partial charge in [0.25, 0.3) is 0 Å². The fourth-order valence-electron chi connectivity index (χ4n) is 5.50. The summed E-state index contributed by atoms with van der Waals surface area (Å²) in [5.74, 6) is 0.363. The molecule has 0 radical (unpaired) electrons. The van der Waals surface area contributed by atoms with Crippen molar-refractivity contribution in [1.82, 2.24) is 35.1 Å². The van der Waals surface area contributed by atoms with Gasteiger partial charge in [0.2, 0.25) is 5.91 Å². The van der Waals surface area contributed by atoms with E-state index in [1.54, 1.807) is 24.8 Å². The van der Waals surface area contributed by atoms with Gasteiger partial charge in [-0.15, -0.1) is 0 Å². The van der Waals surface area contributed by atoms with Gasteiger partial charge in [0.1, 0.15) is 11.5 Å². The molecule has 10 heteroatoms. The van der Waals surface area contributed by atoms with E-state index in [0.29, 0.717) is 34.0 Å². The first-order valence-corrected chi connectivity index (χ1v) is 13.2. The molecule has 0 aliphatic heterocycles. The summed E-state index contributed by atoms with van der Waals surface area (Å²) in [5.41, 5.74) is 7.07. The van der Waals surface area contributed by atoms with Crippen molar-refractivity contribution in [3.63, 3.8) is 0 Å². The summed E-state index contributed by atoms with van der Waals surface area (Å²) in [4.78, 5) is 34.0. The van der Waals surface area contributed by atoms with Crippen LogP contribution < -0.4 is 5.32 Å². The molecule has 0 saturated heterocycles. The molecule has 6 aromatic rings. The number of aromatic amines is 2. The minimum Gasteiger partial charge on any atom is -0.335 e. The SMILES string of the molecule is Cc1cc(F)cc(-c2ccnc3nc(-c4[nH]nc5ncc(-c6cncc(NC(=O)C7CCCC7)c6)cc45)[nH]c23)c1. The predicted molar refractivity (Wildman–Crippen MR) is 151 cm³/mol. The van der Waals surface area contributed by atoms with Crippen molar-refractivity contribution in [2.24, 2.45) is 5.92 Å². The van der Waals surface area contributed by atoms with E-state index in [1.807, 2.05) is 31.2 Å². The average molecular weight is 533 g/mol. The molecule has 9 nitrogen and oxygen atoms in total. The Kier molecular flexibility index (Phi) is 5.80. The van der Waals surface area contributed by atoms with E-state index in [0.717, 1.165) is 58.9 Å². The summed E-state index contributed by atoms with van der Waals surface area (Å²) >= 11 is 0. The van der Waals surface area contributed by atoms with E-state index in [1.165, 1.54) is 12.1 Å². The monoisotopic (exact) mass is 532 g/mol. The summed E-state index contributed by atoms with van der Waals surface area (Å²) in [6.07, 6.45) is 10.9. The van der Waals surface area contributed by atoms with Crippen LogP contribution in [0.4, 0.5) is 10.1 Å². The van der Waals surface area contributed by atoms with E-state index in [2.05, 4.69) is 35.5 Å². The number of halogens is 1. The molecule has 5 heterocycles. The number of aromatic nitrogens is 7. The lowest BCUT2D eigenvalue weighted by Gasteiger charge is -2.11. The second kappa shape index (κ2) is 9.64. The number of hydrogen-bond donors (Lipinski definition) is 3. The number of aryl methyl sites for hydroxylation is 1. The van der Waals surface area contributed by atoms with Crippen LogP contribution in [0.2, 0.25) is 0 Å². The average Bonchev–Trinajstić information content (AvgIpc) is 3.71. The molecule has 5 aromatic heterocycles. The molecule has 1 fully saturated rings. The van der Waals surface area contributed by atoms with Gasteiger partial charge >= 0.3 is 0 Å². The lowest BCUT2D eigenvalue weighted by atomic mass is 10.0. The van der Waals surface area contributed by atoms with Gasteiger partial charge in [-0.3, -0.25) is 14.9 Å². The highest BCUT2D eigenvalue weighted by atomic mass is 19.1. The number of pyridine rings is 3. The number of H-pyrrole nitrogens is 2. The number of benzene rings is 1. The molecule has 3 N–H and O–H groups in total. The van der Waals surface area contributed by atoms with E-state index < -0.39 is 0 Å². The molecule has 0 unspecified atom stereocenters. The lowest BCUT2D eigenvalue weighted by molar-refractivity contribution is -0.119. The molecule has 0 bridgehead atoms. The Morgan fingerprint density at radius 1 is 0.975 bits per heavy atom. The van der Waals surface area contributed by atoms with E-state index in [9.17, 15) is 9.18 Å². The molecule has 7 rings (SSSR count). The molecular formula is C30H25FN8O. The third-order valence-electron chi connectivity index (χ3n) is 7.46. The van der Waals surface area contributed by atoms with Crippen molar-refractivity contribution in [3.05, 3.63) is 72.6 Å². The smallest absolute Gasteiger partial charge is 0.227 e. The number of nitrogens with zero attached hydrogens (tertiary/aromatic N) is 5. The number of carbonyl (C=O) groups excluding carboxylic acids is 1. The number of rotatable bonds is 5. The first-order valence-electron chi connectivity index (χ1n) is 13.2. The summed E-state index contributed by atoms with van der Waals surface area (Å²) in [6.45, 7) is 1.86. The van der Waals surface area contributed by atoms with Gasteiger partial charge in [-0.2, -0.15) is 5.10 Å². The van der Waals surface area contributed by atoms with Crippen molar-refractivity contribution in [2.75, 3.05) is 5.32 Å². The Morgan fingerprint density at radius 2 is 1.82 bits per heavy atom. The van der Waals surface area contributed by atoms with Crippen LogP contribution >= 0.6 is 0 Å². The van der Waals surface area contributed by atoms with E-state index in [-0.39, 0.29) is 17.6 Å². The quantitative estimate of drug-likeness (QED) is 0.243. The third-order valence-corrected chi connectivity index (χ3v) is 7.46. The maximum atomic E-state index is 14.2. The molecule has 1 amide bonds. The molecule has 40 heavy (non-hydrogen) atoms. The molecule has 0 spiro atoms.